The second kappa shape index (κ2) is 5.92. The third kappa shape index (κ3) is 2.59. The van der Waals surface area contributed by atoms with Gasteiger partial charge in [-0.3, -0.25) is 0 Å². The molecule has 0 aliphatic rings. The number of furan rings is 1. The minimum atomic E-state index is 0.723. The van der Waals surface area contributed by atoms with Crippen LogP contribution in [0.2, 0.25) is 0 Å². The highest BCUT2D eigenvalue weighted by Gasteiger charge is 2.12. The molecular formula is C18H19NO2. The number of para-hydroxylation sites is 3. The first-order chi connectivity index (χ1) is 10.3. The van der Waals surface area contributed by atoms with E-state index in [9.17, 15) is 0 Å². The Bertz CT molecular complexity index is 746. The lowest BCUT2D eigenvalue weighted by molar-refractivity contribution is 0.416. The lowest BCUT2D eigenvalue weighted by atomic mass is 10.1. The maximum atomic E-state index is 5.92. The van der Waals surface area contributed by atoms with Gasteiger partial charge in [0, 0.05) is 23.9 Å². The topological polar surface area (TPSA) is 34.4 Å². The summed E-state index contributed by atoms with van der Waals surface area (Å²) in [5.74, 6) is 1.89. The quantitative estimate of drug-likeness (QED) is 0.741. The van der Waals surface area contributed by atoms with Crippen molar-refractivity contribution in [3.63, 3.8) is 0 Å². The van der Waals surface area contributed by atoms with E-state index in [1.54, 1.807) is 7.11 Å². The number of rotatable bonds is 5. The van der Waals surface area contributed by atoms with Gasteiger partial charge in [0.05, 0.1) is 12.8 Å². The first kappa shape index (κ1) is 13.6. The van der Waals surface area contributed by atoms with Crippen molar-refractivity contribution in [1.82, 2.24) is 0 Å². The molecule has 0 aliphatic heterocycles. The summed E-state index contributed by atoms with van der Waals surface area (Å²) in [6.45, 7) is 2.84. The third-order valence-electron chi connectivity index (χ3n) is 3.67. The van der Waals surface area contributed by atoms with Gasteiger partial charge >= 0.3 is 0 Å². The van der Waals surface area contributed by atoms with E-state index < -0.39 is 0 Å². The number of benzene rings is 2. The van der Waals surface area contributed by atoms with E-state index in [0.717, 1.165) is 35.7 Å². The summed E-state index contributed by atoms with van der Waals surface area (Å²) >= 11 is 0. The van der Waals surface area contributed by atoms with Crippen molar-refractivity contribution in [1.29, 1.82) is 0 Å². The van der Waals surface area contributed by atoms with Crippen molar-refractivity contribution in [2.24, 2.45) is 0 Å². The molecule has 3 heteroatoms. The van der Waals surface area contributed by atoms with Crippen LogP contribution in [0.1, 0.15) is 18.2 Å². The Morgan fingerprint density at radius 3 is 2.62 bits per heavy atom. The summed E-state index contributed by atoms with van der Waals surface area (Å²) < 4.78 is 11.3. The van der Waals surface area contributed by atoms with Crippen LogP contribution in [0, 0.1) is 0 Å². The lowest BCUT2D eigenvalue weighted by Gasteiger charge is -2.11. The van der Waals surface area contributed by atoms with Gasteiger partial charge in [-0.2, -0.15) is 0 Å². The Labute approximate surface area is 124 Å². The summed E-state index contributed by atoms with van der Waals surface area (Å²) in [6.07, 6.45) is 0.887. The molecule has 0 atom stereocenters. The SMILES string of the molecule is CCc1oc2ccccc2c1CNc1ccccc1OC. The van der Waals surface area contributed by atoms with Crippen LogP contribution in [0.5, 0.6) is 5.75 Å². The van der Waals surface area contributed by atoms with Crippen LogP contribution in [-0.4, -0.2) is 7.11 Å². The Morgan fingerprint density at radius 1 is 1.05 bits per heavy atom. The molecule has 108 valence electrons. The Morgan fingerprint density at radius 2 is 1.81 bits per heavy atom. The summed E-state index contributed by atoms with van der Waals surface area (Å²) in [7, 11) is 1.69. The predicted molar refractivity (Wildman–Crippen MR) is 85.9 cm³/mol. The number of anilines is 1. The molecule has 1 N–H and O–H groups in total. The van der Waals surface area contributed by atoms with Crippen molar-refractivity contribution >= 4 is 16.7 Å². The van der Waals surface area contributed by atoms with Gasteiger partial charge in [-0.05, 0) is 18.2 Å². The molecule has 3 nitrogen and oxygen atoms in total. The monoisotopic (exact) mass is 281 g/mol. The van der Waals surface area contributed by atoms with Gasteiger partial charge in [0.15, 0.2) is 0 Å². The number of ether oxygens (including phenoxy) is 1. The average Bonchev–Trinajstić information content (AvgIpc) is 2.91. The second-order valence-corrected chi connectivity index (χ2v) is 4.91. The fourth-order valence-corrected chi connectivity index (χ4v) is 2.60. The van der Waals surface area contributed by atoms with E-state index in [0.29, 0.717) is 0 Å². The molecule has 0 saturated heterocycles. The zero-order chi connectivity index (χ0) is 14.7. The molecule has 2 aromatic carbocycles. The highest BCUT2D eigenvalue weighted by Crippen LogP contribution is 2.29. The third-order valence-corrected chi connectivity index (χ3v) is 3.67. The average molecular weight is 281 g/mol. The molecular weight excluding hydrogens is 262 g/mol. The zero-order valence-corrected chi connectivity index (χ0v) is 12.3. The van der Waals surface area contributed by atoms with Gasteiger partial charge < -0.3 is 14.5 Å². The first-order valence-electron chi connectivity index (χ1n) is 7.19. The van der Waals surface area contributed by atoms with Crippen LogP contribution < -0.4 is 10.1 Å². The van der Waals surface area contributed by atoms with Crippen LogP contribution >= 0.6 is 0 Å². The van der Waals surface area contributed by atoms with E-state index in [-0.39, 0.29) is 0 Å². The Kier molecular flexibility index (Phi) is 3.82. The number of hydrogen-bond acceptors (Lipinski definition) is 3. The number of hydrogen-bond donors (Lipinski definition) is 1. The van der Waals surface area contributed by atoms with Crippen molar-refractivity contribution in [2.45, 2.75) is 19.9 Å². The van der Waals surface area contributed by atoms with Gasteiger partial charge in [0.1, 0.15) is 17.1 Å². The number of aryl methyl sites for hydroxylation is 1. The second-order valence-electron chi connectivity index (χ2n) is 4.91. The summed E-state index contributed by atoms with van der Waals surface area (Å²) in [6, 6.07) is 16.1. The molecule has 1 aromatic heterocycles. The molecule has 0 amide bonds. The maximum Gasteiger partial charge on any atom is 0.141 e. The Hall–Kier alpha value is -2.42. The molecule has 21 heavy (non-hydrogen) atoms. The summed E-state index contributed by atoms with van der Waals surface area (Å²) in [5.41, 5.74) is 3.16. The largest absolute Gasteiger partial charge is 0.495 e. The fraction of sp³-hybridized carbons (Fsp3) is 0.222. The minimum absolute atomic E-state index is 0.723. The molecule has 3 rings (SSSR count). The summed E-state index contributed by atoms with van der Waals surface area (Å²) in [5, 5.41) is 4.63. The van der Waals surface area contributed by atoms with Crippen LogP contribution in [0.4, 0.5) is 5.69 Å². The first-order valence-corrected chi connectivity index (χ1v) is 7.19. The highest BCUT2D eigenvalue weighted by molar-refractivity contribution is 5.82. The van der Waals surface area contributed by atoms with Gasteiger partial charge in [0.2, 0.25) is 0 Å². The molecule has 3 aromatic rings. The van der Waals surface area contributed by atoms with Crippen LogP contribution in [0.15, 0.2) is 52.9 Å². The number of nitrogens with one attached hydrogen (secondary N) is 1. The van der Waals surface area contributed by atoms with E-state index in [1.807, 2.05) is 42.5 Å². The maximum absolute atomic E-state index is 5.92. The molecule has 0 saturated carbocycles. The van der Waals surface area contributed by atoms with E-state index in [2.05, 4.69) is 18.3 Å². The van der Waals surface area contributed by atoms with Crippen LogP contribution in [0.25, 0.3) is 11.0 Å². The zero-order valence-electron chi connectivity index (χ0n) is 12.3. The minimum Gasteiger partial charge on any atom is -0.495 e. The molecule has 0 bridgehead atoms. The highest BCUT2D eigenvalue weighted by atomic mass is 16.5. The van der Waals surface area contributed by atoms with Gasteiger partial charge in [-0.15, -0.1) is 0 Å². The van der Waals surface area contributed by atoms with Crippen molar-refractivity contribution in [2.75, 3.05) is 12.4 Å². The smallest absolute Gasteiger partial charge is 0.141 e. The van der Waals surface area contributed by atoms with Gasteiger partial charge in [0.25, 0.3) is 0 Å². The predicted octanol–water partition coefficient (Wildman–Crippen LogP) is 4.62. The molecule has 0 radical (unpaired) electrons. The fourth-order valence-electron chi connectivity index (χ4n) is 2.60. The molecule has 0 fully saturated rings. The van der Waals surface area contributed by atoms with Crippen LogP contribution in [-0.2, 0) is 13.0 Å². The Balaban J connectivity index is 1.91. The van der Waals surface area contributed by atoms with Crippen molar-refractivity contribution in [3.05, 3.63) is 59.9 Å². The van der Waals surface area contributed by atoms with E-state index in [4.69, 9.17) is 9.15 Å². The molecule has 0 aliphatic carbocycles. The van der Waals surface area contributed by atoms with Gasteiger partial charge in [-0.1, -0.05) is 37.3 Å². The van der Waals surface area contributed by atoms with Gasteiger partial charge in [-0.25, -0.2) is 0 Å². The van der Waals surface area contributed by atoms with Crippen molar-refractivity contribution in [3.8, 4) is 5.75 Å². The number of methoxy groups -OCH3 is 1. The molecule has 0 unspecified atom stereocenters. The van der Waals surface area contributed by atoms with Crippen molar-refractivity contribution < 1.29 is 9.15 Å². The van der Waals surface area contributed by atoms with E-state index in [1.165, 1.54) is 10.9 Å². The lowest BCUT2D eigenvalue weighted by Crippen LogP contribution is -2.02. The molecule has 0 spiro atoms. The molecule has 1 heterocycles. The summed E-state index contributed by atoms with van der Waals surface area (Å²) in [4.78, 5) is 0. The number of fused-ring (bicyclic) bond motifs is 1. The van der Waals surface area contributed by atoms with E-state index >= 15 is 0 Å². The standard InChI is InChI=1S/C18H19NO2/c1-3-16-14(13-8-4-6-10-17(13)21-16)12-19-15-9-5-7-11-18(15)20-2/h4-11,19H,3,12H2,1-2H3. The van der Waals surface area contributed by atoms with Crippen LogP contribution in [0.3, 0.4) is 0 Å². The normalized spacial score (nSPS) is 10.8.